The van der Waals surface area contributed by atoms with E-state index in [1.54, 1.807) is 28.6 Å². The summed E-state index contributed by atoms with van der Waals surface area (Å²) in [5, 5.41) is 0. The third-order valence-corrected chi connectivity index (χ3v) is 5.06. The predicted octanol–water partition coefficient (Wildman–Crippen LogP) is 1.18. The van der Waals surface area contributed by atoms with Gasteiger partial charge in [0.05, 0.1) is 4.90 Å². The van der Waals surface area contributed by atoms with Gasteiger partial charge in [0.25, 0.3) is 0 Å². The van der Waals surface area contributed by atoms with Crippen molar-refractivity contribution >= 4 is 10.0 Å². The smallest absolute Gasteiger partial charge is 0.243 e. The maximum absolute atomic E-state index is 12.3. The number of hydrogen-bond donors (Lipinski definition) is 1. The van der Waals surface area contributed by atoms with E-state index in [1.807, 2.05) is 0 Å². The number of rotatable bonds is 3. The molecular weight excluding hydrogens is 236 g/mol. The van der Waals surface area contributed by atoms with E-state index in [0.717, 1.165) is 12.0 Å². The Balaban J connectivity index is 2.25. The zero-order valence-corrected chi connectivity index (χ0v) is 10.8. The lowest BCUT2D eigenvalue weighted by Crippen LogP contribution is -2.28. The van der Waals surface area contributed by atoms with Crippen LogP contribution in [0.2, 0.25) is 0 Å². The molecule has 17 heavy (non-hydrogen) atoms. The van der Waals surface area contributed by atoms with Crippen molar-refractivity contribution in [3.8, 4) is 0 Å². The van der Waals surface area contributed by atoms with Crippen molar-refractivity contribution in [2.45, 2.75) is 24.8 Å². The Labute approximate surface area is 102 Å². The van der Waals surface area contributed by atoms with Gasteiger partial charge in [-0.25, -0.2) is 8.42 Å². The predicted molar refractivity (Wildman–Crippen MR) is 66.9 cm³/mol. The summed E-state index contributed by atoms with van der Waals surface area (Å²) in [7, 11) is -3.30. The fourth-order valence-electron chi connectivity index (χ4n) is 2.06. The molecule has 0 spiro atoms. The van der Waals surface area contributed by atoms with E-state index in [-0.39, 0.29) is 0 Å². The highest BCUT2D eigenvalue weighted by molar-refractivity contribution is 7.89. The van der Waals surface area contributed by atoms with Crippen molar-refractivity contribution in [2.24, 2.45) is 11.7 Å². The van der Waals surface area contributed by atoms with Crippen molar-refractivity contribution in [3.63, 3.8) is 0 Å². The summed E-state index contributed by atoms with van der Waals surface area (Å²) < 4.78 is 26.1. The molecule has 1 unspecified atom stereocenters. The second-order valence-electron chi connectivity index (χ2n) is 4.60. The van der Waals surface area contributed by atoms with Crippen LogP contribution in [-0.4, -0.2) is 25.8 Å². The number of hydrogen-bond acceptors (Lipinski definition) is 3. The summed E-state index contributed by atoms with van der Waals surface area (Å²) >= 11 is 0. The summed E-state index contributed by atoms with van der Waals surface area (Å²) in [6, 6.07) is 6.82. The molecule has 0 aliphatic carbocycles. The topological polar surface area (TPSA) is 63.4 Å². The van der Waals surface area contributed by atoms with Gasteiger partial charge in [-0.3, -0.25) is 0 Å². The second kappa shape index (κ2) is 4.76. The van der Waals surface area contributed by atoms with Gasteiger partial charge in [-0.2, -0.15) is 4.31 Å². The van der Waals surface area contributed by atoms with Crippen LogP contribution in [0.5, 0.6) is 0 Å². The van der Waals surface area contributed by atoms with Gasteiger partial charge in [0.1, 0.15) is 0 Å². The first-order valence-corrected chi connectivity index (χ1v) is 7.27. The fourth-order valence-corrected chi connectivity index (χ4v) is 3.63. The number of nitrogens with zero attached hydrogens (tertiary/aromatic N) is 1. The molecule has 1 aliphatic rings. The standard InChI is InChI=1S/C12H18N2O2S/c1-10-6-7-14(9-10)17(15,16)12-4-2-11(8-13)3-5-12/h2-5,10H,6-9,13H2,1H3. The maximum atomic E-state index is 12.3. The number of sulfonamides is 1. The molecule has 1 atom stereocenters. The van der Waals surface area contributed by atoms with Crippen LogP contribution in [0.15, 0.2) is 29.2 Å². The fraction of sp³-hybridized carbons (Fsp3) is 0.500. The monoisotopic (exact) mass is 254 g/mol. The molecule has 1 aromatic carbocycles. The molecule has 1 heterocycles. The minimum atomic E-state index is -3.30. The first kappa shape index (κ1) is 12.5. The molecule has 0 amide bonds. The Hall–Kier alpha value is -0.910. The lowest BCUT2D eigenvalue weighted by Gasteiger charge is -2.16. The second-order valence-corrected chi connectivity index (χ2v) is 6.54. The van der Waals surface area contributed by atoms with Crippen LogP contribution in [0.3, 0.4) is 0 Å². The van der Waals surface area contributed by atoms with Gasteiger partial charge >= 0.3 is 0 Å². The molecule has 94 valence electrons. The molecule has 1 fully saturated rings. The Kier molecular flexibility index (Phi) is 3.51. The molecule has 2 rings (SSSR count). The lowest BCUT2D eigenvalue weighted by molar-refractivity contribution is 0.464. The molecule has 1 aromatic rings. The van der Waals surface area contributed by atoms with Crippen molar-refractivity contribution < 1.29 is 8.42 Å². The largest absolute Gasteiger partial charge is 0.326 e. The van der Waals surface area contributed by atoms with Crippen molar-refractivity contribution in [3.05, 3.63) is 29.8 Å². The number of benzene rings is 1. The summed E-state index contributed by atoms with van der Waals surface area (Å²) in [4.78, 5) is 0.365. The van der Waals surface area contributed by atoms with Gasteiger partial charge in [-0.15, -0.1) is 0 Å². The van der Waals surface area contributed by atoms with Crippen molar-refractivity contribution in [1.82, 2.24) is 4.31 Å². The molecule has 0 aromatic heterocycles. The van der Waals surface area contributed by atoms with E-state index in [4.69, 9.17) is 5.73 Å². The highest BCUT2D eigenvalue weighted by Crippen LogP contribution is 2.23. The van der Waals surface area contributed by atoms with Crippen LogP contribution in [0.25, 0.3) is 0 Å². The average molecular weight is 254 g/mol. The normalized spacial score (nSPS) is 21.9. The Morgan fingerprint density at radius 2 is 2.00 bits per heavy atom. The molecular formula is C12H18N2O2S. The highest BCUT2D eigenvalue weighted by Gasteiger charge is 2.30. The van der Waals surface area contributed by atoms with Crippen LogP contribution in [0.1, 0.15) is 18.9 Å². The van der Waals surface area contributed by atoms with Gasteiger partial charge in [-0.1, -0.05) is 19.1 Å². The van der Waals surface area contributed by atoms with Crippen LogP contribution in [0, 0.1) is 5.92 Å². The third kappa shape index (κ3) is 2.51. The average Bonchev–Trinajstić information content (AvgIpc) is 2.77. The first-order valence-electron chi connectivity index (χ1n) is 5.83. The van der Waals surface area contributed by atoms with Crippen LogP contribution in [0.4, 0.5) is 0 Å². The lowest BCUT2D eigenvalue weighted by atomic mass is 10.2. The van der Waals surface area contributed by atoms with Gasteiger partial charge in [0, 0.05) is 19.6 Å². The number of nitrogens with two attached hydrogens (primary N) is 1. The van der Waals surface area contributed by atoms with Gasteiger partial charge in [-0.05, 0) is 30.0 Å². The zero-order valence-electron chi connectivity index (χ0n) is 9.96. The minimum absolute atomic E-state index is 0.365. The summed E-state index contributed by atoms with van der Waals surface area (Å²) in [6.07, 6.45) is 0.945. The summed E-state index contributed by atoms with van der Waals surface area (Å²) in [6.45, 7) is 3.76. The molecule has 1 saturated heterocycles. The van der Waals surface area contributed by atoms with Gasteiger partial charge < -0.3 is 5.73 Å². The van der Waals surface area contributed by atoms with Crippen LogP contribution >= 0.6 is 0 Å². The Morgan fingerprint density at radius 3 is 2.47 bits per heavy atom. The third-order valence-electron chi connectivity index (χ3n) is 3.18. The van der Waals surface area contributed by atoms with E-state index >= 15 is 0 Å². The quantitative estimate of drug-likeness (QED) is 0.881. The molecule has 4 nitrogen and oxygen atoms in total. The Morgan fingerprint density at radius 1 is 1.35 bits per heavy atom. The van der Waals surface area contributed by atoms with Gasteiger partial charge in [0.2, 0.25) is 10.0 Å². The summed E-state index contributed by atoms with van der Waals surface area (Å²) in [5.41, 5.74) is 6.43. The van der Waals surface area contributed by atoms with Crippen molar-refractivity contribution in [2.75, 3.05) is 13.1 Å². The van der Waals surface area contributed by atoms with E-state index in [2.05, 4.69) is 6.92 Å². The highest BCUT2D eigenvalue weighted by atomic mass is 32.2. The molecule has 2 N–H and O–H groups in total. The van der Waals surface area contributed by atoms with E-state index in [9.17, 15) is 8.42 Å². The van der Waals surface area contributed by atoms with Crippen molar-refractivity contribution in [1.29, 1.82) is 0 Å². The zero-order chi connectivity index (χ0) is 12.5. The Bertz CT molecular complexity index is 482. The maximum Gasteiger partial charge on any atom is 0.243 e. The minimum Gasteiger partial charge on any atom is -0.326 e. The van der Waals surface area contributed by atoms with Gasteiger partial charge in [0.15, 0.2) is 0 Å². The van der Waals surface area contributed by atoms with E-state index < -0.39 is 10.0 Å². The SMILES string of the molecule is CC1CCN(S(=O)(=O)c2ccc(CN)cc2)C1. The van der Waals surface area contributed by atoms with Crippen LogP contribution in [-0.2, 0) is 16.6 Å². The molecule has 0 saturated carbocycles. The summed E-state index contributed by atoms with van der Waals surface area (Å²) in [5.74, 6) is 0.452. The first-order chi connectivity index (χ1) is 8.04. The molecule has 0 bridgehead atoms. The molecule has 5 heteroatoms. The molecule has 1 aliphatic heterocycles. The van der Waals surface area contributed by atoms with E-state index in [0.29, 0.717) is 30.4 Å². The van der Waals surface area contributed by atoms with E-state index in [1.165, 1.54) is 0 Å². The molecule has 0 radical (unpaired) electrons. The van der Waals surface area contributed by atoms with Crippen LogP contribution < -0.4 is 5.73 Å².